The number of carbonyl (C=O) groups excluding carboxylic acids is 1. The van der Waals surface area contributed by atoms with E-state index in [1.54, 1.807) is 31.3 Å². The van der Waals surface area contributed by atoms with Gasteiger partial charge in [0.1, 0.15) is 11.7 Å². The van der Waals surface area contributed by atoms with Gasteiger partial charge in [-0.15, -0.1) is 0 Å². The number of hydrogen-bond acceptors (Lipinski definition) is 3. The number of aliphatic imine (C=N–C) groups is 1. The number of rotatable bonds is 6. The Morgan fingerprint density at radius 3 is 2.76 bits per heavy atom. The highest BCUT2D eigenvalue weighted by molar-refractivity contribution is 6.29. The Labute approximate surface area is 177 Å². The molecule has 1 aliphatic carbocycles. The third-order valence-corrected chi connectivity index (χ3v) is 5.28. The van der Waals surface area contributed by atoms with Crippen LogP contribution >= 0.6 is 11.6 Å². The molecule has 1 amide bonds. The molecule has 1 aromatic carbocycles. The van der Waals surface area contributed by atoms with Gasteiger partial charge in [0, 0.05) is 32.9 Å². The molecule has 0 radical (unpaired) electrons. The van der Waals surface area contributed by atoms with Crippen LogP contribution in [0.2, 0.25) is 5.15 Å². The Bertz CT molecular complexity index is 851. The first-order valence-electron chi connectivity index (χ1n) is 9.93. The van der Waals surface area contributed by atoms with Gasteiger partial charge in [0.05, 0.1) is 0 Å². The van der Waals surface area contributed by atoms with E-state index < -0.39 is 0 Å². The van der Waals surface area contributed by atoms with Crippen molar-refractivity contribution in [2.75, 3.05) is 27.2 Å². The van der Waals surface area contributed by atoms with E-state index in [4.69, 9.17) is 11.6 Å². The minimum absolute atomic E-state index is 0.0259. The van der Waals surface area contributed by atoms with Crippen LogP contribution in [-0.2, 0) is 24.1 Å². The van der Waals surface area contributed by atoms with Crippen molar-refractivity contribution in [1.82, 2.24) is 20.5 Å². The molecule has 154 valence electrons. The largest absolute Gasteiger partial charge is 0.356 e. The second-order valence-corrected chi connectivity index (χ2v) is 7.86. The number of amides is 1. The first kappa shape index (κ1) is 21.1. The molecule has 1 unspecified atom stereocenters. The van der Waals surface area contributed by atoms with E-state index in [0.717, 1.165) is 31.2 Å². The number of pyridine rings is 1. The smallest absolute Gasteiger partial charge is 0.243 e. The van der Waals surface area contributed by atoms with Crippen molar-refractivity contribution in [3.8, 4) is 0 Å². The summed E-state index contributed by atoms with van der Waals surface area (Å²) in [5.74, 6) is 0.647. The monoisotopic (exact) mass is 413 g/mol. The molecule has 2 aromatic rings. The van der Waals surface area contributed by atoms with Gasteiger partial charge in [-0.2, -0.15) is 0 Å². The van der Waals surface area contributed by atoms with E-state index in [-0.39, 0.29) is 12.5 Å². The van der Waals surface area contributed by atoms with Gasteiger partial charge in [0.25, 0.3) is 0 Å². The number of benzene rings is 1. The van der Waals surface area contributed by atoms with E-state index >= 15 is 0 Å². The quantitative estimate of drug-likeness (QED) is 0.433. The van der Waals surface area contributed by atoms with Crippen molar-refractivity contribution < 1.29 is 4.79 Å². The fourth-order valence-corrected chi connectivity index (χ4v) is 3.45. The van der Waals surface area contributed by atoms with Crippen molar-refractivity contribution in [1.29, 1.82) is 0 Å². The standard InChI is InChI=1S/C22H28ClN5O/c1-28(2)21(29)15-26-22(24-12-11-16-7-10-20(23)25-14-16)27-19-9-8-17-5-3-4-6-18(17)13-19/h3-7,10,14,19H,8-9,11-13,15H2,1-2H3,(H2,24,26,27). The molecule has 1 aromatic heterocycles. The maximum Gasteiger partial charge on any atom is 0.243 e. The molecular weight excluding hydrogens is 386 g/mol. The van der Waals surface area contributed by atoms with Crippen molar-refractivity contribution in [3.63, 3.8) is 0 Å². The van der Waals surface area contributed by atoms with Crippen LogP contribution in [0.5, 0.6) is 0 Å². The Morgan fingerprint density at radius 1 is 1.24 bits per heavy atom. The summed E-state index contributed by atoms with van der Waals surface area (Å²) in [4.78, 5) is 22.1. The Morgan fingerprint density at radius 2 is 2.03 bits per heavy atom. The summed E-state index contributed by atoms with van der Waals surface area (Å²) in [6, 6.07) is 12.6. The summed E-state index contributed by atoms with van der Waals surface area (Å²) in [6.07, 6.45) is 5.62. The van der Waals surface area contributed by atoms with Gasteiger partial charge in [0.2, 0.25) is 5.91 Å². The summed E-state index contributed by atoms with van der Waals surface area (Å²) in [5.41, 5.74) is 3.90. The molecule has 6 nitrogen and oxygen atoms in total. The van der Waals surface area contributed by atoms with Gasteiger partial charge in [-0.05, 0) is 48.4 Å². The van der Waals surface area contributed by atoms with E-state index in [0.29, 0.717) is 23.7 Å². The van der Waals surface area contributed by atoms with Crippen LogP contribution < -0.4 is 10.6 Å². The van der Waals surface area contributed by atoms with Crippen LogP contribution in [0.25, 0.3) is 0 Å². The zero-order valence-corrected chi connectivity index (χ0v) is 17.7. The molecule has 0 fully saturated rings. The maximum absolute atomic E-state index is 12.0. The molecule has 1 aliphatic rings. The molecule has 1 heterocycles. The summed E-state index contributed by atoms with van der Waals surface area (Å²) < 4.78 is 0. The van der Waals surface area contributed by atoms with E-state index in [1.165, 1.54) is 11.1 Å². The third-order valence-electron chi connectivity index (χ3n) is 5.05. The number of fused-ring (bicyclic) bond motifs is 1. The molecular formula is C22H28ClN5O. The highest BCUT2D eigenvalue weighted by Crippen LogP contribution is 2.20. The summed E-state index contributed by atoms with van der Waals surface area (Å²) in [5, 5.41) is 7.36. The molecule has 0 aliphatic heterocycles. The Hall–Kier alpha value is -2.60. The average Bonchev–Trinajstić information content (AvgIpc) is 2.72. The number of likely N-dealkylation sites (N-methyl/N-ethyl adjacent to an activating group) is 1. The number of halogens is 1. The molecule has 0 spiro atoms. The van der Waals surface area contributed by atoms with E-state index in [2.05, 4.69) is 44.9 Å². The molecule has 0 bridgehead atoms. The SMILES string of the molecule is CN(C)C(=O)CN=C(NCCc1ccc(Cl)nc1)NC1CCc2ccccc2C1. The molecule has 3 rings (SSSR count). The highest BCUT2D eigenvalue weighted by Gasteiger charge is 2.19. The lowest BCUT2D eigenvalue weighted by Gasteiger charge is -2.27. The molecule has 0 saturated carbocycles. The van der Waals surface area contributed by atoms with Crippen LogP contribution in [0.4, 0.5) is 0 Å². The van der Waals surface area contributed by atoms with E-state index in [1.807, 2.05) is 6.07 Å². The van der Waals surface area contributed by atoms with Crippen molar-refractivity contribution in [2.24, 2.45) is 4.99 Å². The summed E-state index contributed by atoms with van der Waals surface area (Å²) in [6.45, 7) is 0.808. The number of nitrogens with zero attached hydrogens (tertiary/aromatic N) is 3. The van der Waals surface area contributed by atoms with Gasteiger partial charge in [0.15, 0.2) is 5.96 Å². The van der Waals surface area contributed by atoms with Crippen LogP contribution in [0.15, 0.2) is 47.6 Å². The van der Waals surface area contributed by atoms with Crippen LogP contribution in [-0.4, -0.2) is 55.0 Å². The minimum Gasteiger partial charge on any atom is -0.356 e. The Kier molecular flexibility index (Phi) is 7.47. The summed E-state index contributed by atoms with van der Waals surface area (Å²) in [7, 11) is 3.48. The summed E-state index contributed by atoms with van der Waals surface area (Å²) >= 11 is 5.85. The fraction of sp³-hybridized carbons (Fsp3) is 0.409. The van der Waals surface area contributed by atoms with Gasteiger partial charge >= 0.3 is 0 Å². The van der Waals surface area contributed by atoms with Crippen LogP contribution in [0.1, 0.15) is 23.1 Å². The lowest BCUT2D eigenvalue weighted by molar-refractivity contribution is -0.127. The maximum atomic E-state index is 12.0. The molecule has 1 atom stereocenters. The third kappa shape index (κ3) is 6.46. The van der Waals surface area contributed by atoms with Crippen molar-refractivity contribution in [3.05, 3.63) is 64.4 Å². The lowest BCUT2D eigenvalue weighted by Crippen LogP contribution is -2.46. The first-order valence-corrected chi connectivity index (χ1v) is 10.3. The number of hydrogen-bond donors (Lipinski definition) is 2. The molecule has 7 heteroatoms. The van der Waals surface area contributed by atoms with Crippen LogP contribution in [0, 0.1) is 0 Å². The number of guanidine groups is 1. The number of aryl methyl sites for hydroxylation is 1. The van der Waals surface area contributed by atoms with Gasteiger partial charge in [-0.1, -0.05) is 41.9 Å². The second kappa shape index (κ2) is 10.3. The van der Waals surface area contributed by atoms with Gasteiger partial charge in [-0.25, -0.2) is 9.98 Å². The van der Waals surface area contributed by atoms with E-state index in [9.17, 15) is 4.79 Å². The van der Waals surface area contributed by atoms with Gasteiger partial charge in [-0.3, -0.25) is 4.79 Å². The van der Waals surface area contributed by atoms with Crippen molar-refractivity contribution >= 4 is 23.5 Å². The number of nitrogens with one attached hydrogen (secondary N) is 2. The zero-order valence-electron chi connectivity index (χ0n) is 17.0. The minimum atomic E-state index is -0.0259. The average molecular weight is 414 g/mol. The predicted molar refractivity (Wildman–Crippen MR) is 117 cm³/mol. The first-order chi connectivity index (χ1) is 14.0. The molecule has 29 heavy (non-hydrogen) atoms. The normalized spacial score (nSPS) is 16.1. The number of carbonyl (C=O) groups is 1. The highest BCUT2D eigenvalue weighted by atomic mass is 35.5. The number of aromatic nitrogens is 1. The second-order valence-electron chi connectivity index (χ2n) is 7.47. The predicted octanol–water partition coefficient (Wildman–Crippen LogP) is 2.46. The zero-order chi connectivity index (χ0) is 20.6. The van der Waals surface area contributed by atoms with Crippen LogP contribution in [0.3, 0.4) is 0 Å². The molecule has 0 saturated heterocycles. The topological polar surface area (TPSA) is 69.6 Å². The Balaban J connectivity index is 1.60. The van der Waals surface area contributed by atoms with Gasteiger partial charge < -0.3 is 15.5 Å². The fourth-order valence-electron chi connectivity index (χ4n) is 3.33. The molecule has 2 N–H and O–H groups in total. The lowest BCUT2D eigenvalue weighted by atomic mass is 9.88. The van der Waals surface area contributed by atoms with Crippen molar-refractivity contribution in [2.45, 2.75) is 31.7 Å².